The molecule has 0 heterocycles. The van der Waals surface area contributed by atoms with E-state index in [0.29, 0.717) is 0 Å². The predicted molar refractivity (Wildman–Crippen MR) is 73.9 cm³/mol. The van der Waals surface area contributed by atoms with E-state index >= 15 is 0 Å². The first kappa shape index (κ1) is 16.4. The molecule has 18 heavy (non-hydrogen) atoms. The van der Waals surface area contributed by atoms with Crippen molar-refractivity contribution in [3.8, 4) is 0 Å². The molecule has 0 radical (unpaired) electrons. The van der Waals surface area contributed by atoms with E-state index in [0.717, 1.165) is 5.69 Å². The van der Waals surface area contributed by atoms with Gasteiger partial charge in [0.2, 0.25) is 11.8 Å². The van der Waals surface area contributed by atoms with Crippen LogP contribution in [0.5, 0.6) is 0 Å². The molecule has 0 spiro atoms. The highest BCUT2D eigenvalue weighted by Crippen LogP contribution is 2.04. The summed E-state index contributed by atoms with van der Waals surface area (Å²) < 4.78 is 0. The minimum atomic E-state index is -0.205. The van der Waals surface area contributed by atoms with E-state index < -0.39 is 0 Å². The third kappa shape index (κ3) is 5.65. The molecule has 100 valence electrons. The van der Waals surface area contributed by atoms with E-state index in [2.05, 4.69) is 10.6 Å². The van der Waals surface area contributed by atoms with Crippen molar-refractivity contribution < 1.29 is 9.59 Å². The van der Waals surface area contributed by atoms with E-state index in [9.17, 15) is 9.59 Å². The van der Waals surface area contributed by atoms with Gasteiger partial charge in [-0.25, -0.2) is 0 Å². The van der Waals surface area contributed by atoms with Crippen LogP contribution in [0.25, 0.3) is 0 Å². The van der Waals surface area contributed by atoms with Crippen LogP contribution in [0.4, 0.5) is 5.69 Å². The van der Waals surface area contributed by atoms with Gasteiger partial charge >= 0.3 is 0 Å². The summed E-state index contributed by atoms with van der Waals surface area (Å²) in [6.45, 7) is 0.282. The molecule has 0 atom stereocenters. The fourth-order valence-corrected chi connectivity index (χ4v) is 1.31. The molecule has 1 aromatic carbocycles. The lowest BCUT2D eigenvalue weighted by atomic mass is 10.3. The second-order valence-electron chi connectivity index (χ2n) is 3.69. The van der Waals surface area contributed by atoms with Gasteiger partial charge in [0, 0.05) is 12.7 Å². The summed E-state index contributed by atoms with van der Waals surface area (Å²) in [6.07, 6.45) is 0. The number of halogens is 1. The molecule has 0 saturated heterocycles. The number of nitrogens with one attached hydrogen (secondary N) is 2. The van der Waals surface area contributed by atoms with Gasteiger partial charge < -0.3 is 15.5 Å². The Kier molecular flexibility index (Phi) is 7.74. The fraction of sp³-hybridized carbons (Fsp3) is 0.333. The molecule has 0 aromatic heterocycles. The van der Waals surface area contributed by atoms with Gasteiger partial charge in [-0.2, -0.15) is 0 Å². The largest absolute Gasteiger partial charge is 0.335 e. The minimum absolute atomic E-state index is 0. The normalized spacial score (nSPS) is 9.22. The van der Waals surface area contributed by atoms with E-state index in [1.807, 2.05) is 18.2 Å². The number of anilines is 1. The summed E-state index contributed by atoms with van der Waals surface area (Å²) in [4.78, 5) is 24.4. The number of nitrogens with zero attached hydrogens (tertiary/aromatic N) is 1. The molecule has 0 fully saturated rings. The lowest BCUT2D eigenvalue weighted by Gasteiger charge is -2.16. The van der Waals surface area contributed by atoms with Crippen LogP contribution in [0.15, 0.2) is 30.3 Å². The second-order valence-corrected chi connectivity index (χ2v) is 3.69. The van der Waals surface area contributed by atoms with Gasteiger partial charge in [0.25, 0.3) is 0 Å². The van der Waals surface area contributed by atoms with E-state index in [4.69, 9.17) is 0 Å². The maximum atomic E-state index is 11.6. The van der Waals surface area contributed by atoms with Crippen LogP contribution in [-0.4, -0.2) is 43.9 Å². The Morgan fingerprint density at radius 2 is 1.83 bits per heavy atom. The number of benzene rings is 1. The molecule has 2 amide bonds. The van der Waals surface area contributed by atoms with Crippen molar-refractivity contribution in [2.45, 2.75) is 0 Å². The number of hydrogen-bond donors (Lipinski definition) is 2. The zero-order valence-corrected chi connectivity index (χ0v) is 11.3. The number of amides is 2. The molecular weight excluding hydrogens is 254 g/mol. The van der Waals surface area contributed by atoms with Crippen molar-refractivity contribution in [3.63, 3.8) is 0 Å². The van der Waals surface area contributed by atoms with Gasteiger partial charge in [-0.15, -0.1) is 12.4 Å². The minimum Gasteiger partial charge on any atom is -0.335 e. The van der Waals surface area contributed by atoms with Crippen LogP contribution < -0.4 is 10.6 Å². The van der Waals surface area contributed by atoms with E-state index in [1.54, 1.807) is 26.2 Å². The molecule has 6 heteroatoms. The third-order valence-corrected chi connectivity index (χ3v) is 2.19. The number of likely N-dealkylation sites (N-methyl/N-ethyl adjacent to an activating group) is 2. The smallest absolute Gasteiger partial charge is 0.243 e. The van der Waals surface area contributed by atoms with Crippen molar-refractivity contribution >= 4 is 29.9 Å². The zero-order valence-electron chi connectivity index (χ0n) is 10.5. The first-order valence-corrected chi connectivity index (χ1v) is 5.37. The van der Waals surface area contributed by atoms with Crippen LogP contribution in [0.3, 0.4) is 0 Å². The van der Waals surface area contributed by atoms with Crippen molar-refractivity contribution in [1.82, 2.24) is 10.2 Å². The molecule has 0 aliphatic heterocycles. The topological polar surface area (TPSA) is 61.4 Å². The SMILES string of the molecule is CNCC(=O)N(C)CC(=O)Nc1ccccc1.Cl. The number of hydrogen-bond acceptors (Lipinski definition) is 3. The zero-order chi connectivity index (χ0) is 12.7. The standard InChI is InChI=1S/C12H17N3O2.ClH/c1-13-8-12(17)15(2)9-11(16)14-10-6-4-3-5-7-10;/h3-7,13H,8-9H2,1-2H3,(H,14,16);1H. The Balaban J connectivity index is 0.00000289. The summed E-state index contributed by atoms with van der Waals surface area (Å²) in [5.74, 6) is -0.320. The summed E-state index contributed by atoms with van der Waals surface area (Å²) in [7, 11) is 3.29. The lowest BCUT2D eigenvalue weighted by Crippen LogP contribution is -2.39. The Bertz CT molecular complexity index is 384. The van der Waals surface area contributed by atoms with Crippen molar-refractivity contribution in [2.75, 3.05) is 32.5 Å². The highest BCUT2D eigenvalue weighted by Gasteiger charge is 2.11. The monoisotopic (exact) mass is 271 g/mol. The van der Waals surface area contributed by atoms with Gasteiger partial charge in [0.15, 0.2) is 0 Å². The first-order valence-electron chi connectivity index (χ1n) is 5.37. The summed E-state index contributed by atoms with van der Waals surface area (Å²) >= 11 is 0. The van der Waals surface area contributed by atoms with E-state index in [-0.39, 0.29) is 37.3 Å². The Labute approximate surface area is 113 Å². The van der Waals surface area contributed by atoms with Crippen molar-refractivity contribution in [2.24, 2.45) is 0 Å². The Morgan fingerprint density at radius 1 is 1.22 bits per heavy atom. The van der Waals surface area contributed by atoms with Crippen LogP contribution in [0.1, 0.15) is 0 Å². The molecule has 0 bridgehead atoms. The second kappa shape index (κ2) is 8.49. The molecule has 2 N–H and O–H groups in total. The molecule has 0 aliphatic rings. The predicted octanol–water partition coefficient (Wildman–Crippen LogP) is 0.725. The molecule has 1 rings (SSSR count). The van der Waals surface area contributed by atoms with Crippen LogP contribution in [0, 0.1) is 0 Å². The number of carbonyl (C=O) groups is 2. The van der Waals surface area contributed by atoms with Crippen molar-refractivity contribution in [1.29, 1.82) is 0 Å². The third-order valence-electron chi connectivity index (χ3n) is 2.19. The van der Waals surface area contributed by atoms with Gasteiger partial charge in [-0.3, -0.25) is 9.59 Å². The van der Waals surface area contributed by atoms with Gasteiger partial charge in [-0.1, -0.05) is 18.2 Å². The number of carbonyl (C=O) groups excluding carboxylic acids is 2. The average molecular weight is 272 g/mol. The molecule has 0 aliphatic carbocycles. The van der Waals surface area contributed by atoms with Crippen molar-refractivity contribution in [3.05, 3.63) is 30.3 Å². The van der Waals surface area contributed by atoms with Crippen LogP contribution >= 0.6 is 12.4 Å². The van der Waals surface area contributed by atoms with Crippen LogP contribution in [0.2, 0.25) is 0 Å². The average Bonchev–Trinajstić information content (AvgIpc) is 2.30. The fourth-order valence-electron chi connectivity index (χ4n) is 1.31. The summed E-state index contributed by atoms with van der Waals surface area (Å²) in [5.41, 5.74) is 0.729. The Morgan fingerprint density at radius 3 is 2.39 bits per heavy atom. The molecular formula is C12H18ClN3O2. The lowest BCUT2D eigenvalue weighted by molar-refractivity contribution is -0.132. The number of rotatable bonds is 5. The van der Waals surface area contributed by atoms with Crippen LogP contribution in [-0.2, 0) is 9.59 Å². The molecule has 0 unspecified atom stereocenters. The quantitative estimate of drug-likeness (QED) is 0.830. The maximum Gasteiger partial charge on any atom is 0.243 e. The van der Waals surface area contributed by atoms with E-state index in [1.165, 1.54) is 4.90 Å². The molecule has 1 aromatic rings. The Hall–Kier alpha value is -1.59. The van der Waals surface area contributed by atoms with Gasteiger partial charge in [0.1, 0.15) is 0 Å². The number of para-hydroxylation sites is 1. The van der Waals surface area contributed by atoms with Gasteiger partial charge in [-0.05, 0) is 19.2 Å². The first-order chi connectivity index (χ1) is 8.13. The summed E-state index contributed by atoms with van der Waals surface area (Å²) in [6, 6.07) is 9.15. The highest BCUT2D eigenvalue weighted by molar-refractivity contribution is 5.94. The summed E-state index contributed by atoms with van der Waals surface area (Å²) in [5, 5.41) is 5.46. The molecule has 0 saturated carbocycles. The maximum absolute atomic E-state index is 11.6. The molecule has 5 nitrogen and oxygen atoms in total. The highest BCUT2D eigenvalue weighted by atomic mass is 35.5. The van der Waals surface area contributed by atoms with Gasteiger partial charge in [0.05, 0.1) is 13.1 Å².